The molecule has 0 spiro atoms. The topological polar surface area (TPSA) is 104 Å². The van der Waals surface area contributed by atoms with Crippen molar-refractivity contribution in [3.63, 3.8) is 0 Å². The summed E-state index contributed by atoms with van der Waals surface area (Å²) in [5.41, 5.74) is 6.95. The number of likely N-dealkylation sites (tertiary alicyclic amines) is 2. The van der Waals surface area contributed by atoms with Crippen molar-refractivity contribution in [2.45, 2.75) is 103 Å². The summed E-state index contributed by atoms with van der Waals surface area (Å²) in [6.07, 6.45) is 10.6. The third-order valence-corrected chi connectivity index (χ3v) is 12.0. The van der Waals surface area contributed by atoms with Gasteiger partial charge in [-0.2, -0.15) is 0 Å². The van der Waals surface area contributed by atoms with E-state index in [0.717, 1.165) is 61.4 Å². The molecule has 4 heterocycles. The Bertz CT molecular complexity index is 1590. The lowest BCUT2D eigenvalue weighted by atomic mass is 9.89. The number of nitrogens with one attached hydrogen (secondary N) is 2. The largest absolute Gasteiger partial charge is 0.338 e. The second kappa shape index (κ2) is 18.4. The number of piperidine rings is 2. The number of hydrogen-bond donors (Lipinski definition) is 2. The predicted molar refractivity (Wildman–Crippen MR) is 212 cm³/mol. The van der Waals surface area contributed by atoms with E-state index >= 15 is 0 Å². The lowest BCUT2D eigenvalue weighted by Gasteiger charge is -2.43. The van der Waals surface area contributed by atoms with Gasteiger partial charge in [-0.3, -0.25) is 14.7 Å². The minimum absolute atomic E-state index is 0.00315. The second-order valence-corrected chi connectivity index (χ2v) is 15.3. The Morgan fingerprint density at radius 3 is 2.30 bits per heavy atom. The van der Waals surface area contributed by atoms with Gasteiger partial charge in [0.1, 0.15) is 6.04 Å². The minimum Gasteiger partial charge on any atom is -0.338 e. The summed E-state index contributed by atoms with van der Waals surface area (Å²) in [4.78, 5) is 56.7. The van der Waals surface area contributed by atoms with Gasteiger partial charge >= 0.3 is 12.1 Å². The maximum atomic E-state index is 14.2. The van der Waals surface area contributed by atoms with E-state index in [0.29, 0.717) is 64.6 Å². The molecule has 0 unspecified atom stereocenters. The number of fused-ring (bicyclic) bond motifs is 2. The van der Waals surface area contributed by atoms with Crippen LogP contribution in [0.5, 0.6) is 0 Å². The van der Waals surface area contributed by atoms with E-state index in [2.05, 4.69) is 45.7 Å². The molecule has 2 aromatic rings. The summed E-state index contributed by atoms with van der Waals surface area (Å²) in [6.45, 7) is 13.3. The molecule has 2 N–H and O–H groups in total. The van der Waals surface area contributed by atoms with Gasteiger partial charge < -0.3 is 30.2 Å². The Kier molecular flexibility index (Phi) is 13.4. The van der Waals surface area contributed by atoms with Gasteiger partial charge in [-0.1, -0.05) is 44.2 Å². The standard InChI is InChI=1S/C40H56N8O3.C2H6/c1-29-6-5-9-36-35(29)28-42-39(50)48(21-16-41-36)34-14-19-47(20-15-34)40(51)43-37(27-30-10-11-31-7-3-4-8-32(31)26-30)38(49)46-24-22-45(23-25-46)33-12-17-44(2)18-13-33;1-2/h5-6,9-11,16,26,33-34,37H,3-4,7-8,12-15,17-25,27-28H2,1-2H3,(H,42,50)(H,43,51);1-2H3/t37-;/m1./s1. The molecule has 2 aromatic carbocycles. The number of carbonyl (C=O) groups is 3. The maximum absolute atomic E-state index is 14.2. The van der Waals surface area contributed by atoms with Crippen molar-refractivity contribution in [1.82, 2.24) is 35.1 Å². The highest BCUT2D eigenvalue weighted by atomic mass is 16.2. The van der Waals surface area contributed by atoms with Crippen LogP contribution in [0, 0.1) is 6.92 Å². The molecule has 3 saturated heterocycles. The van der Waals surface area contributed by atoms with Gasteiger partial charge in [0.15, 0.2) is 0 Å². The van der Waals surface area contributed by atoms with Crippen molar-refractivity contribution in [3.05, 3.63) is 64.2 Å². The molecule has 53 heavy (non-hydrogen) atoms. The van der Waals surface area contributed by atoms with Crippen LogP contribution in [0.15, 0.2) is 41.4 Å². The van der Waals surface area contributed by atoms with Gasteiger partial charge in [0.2, 0.25) is 5.91 Å². The van der Waals surface area contributed by atoms with E-state index in [4.69, 9.17) is 4.99 Å². The molecule has 288 valence electrons. The van der Waals surface area contributed by atoms with Gasteiger partial charge in [-0.05, 0) is 112 Å². The van der Waals surface area contributed by atoms with Crippen molar-refractivity contribution in [2.75, 3.05) is 66.0 Å². The molecule has 7 rings (SSSR count). The quantitative estimate of drug-likeness (QED) is 0.429. The Labute approximate surface area is 317 Å². The second-order valence-electron chi connectivity index (χ2n) is 15.3. The predicted octanol–water partition coefficient (Wildman–Crippen LogP) is 5.15. The van der Waals surface area contributed by atoms with Crippen molar-refractivity contribution >= 4 is 29.9 Å². The van der Waals surface area contributed by atoms with E-state index in [9.17, 15) is 14.4 Å². The highest BCUT2D eigenvalue weighted by Crippen LogP contribution is 2.26. The smallest absolute Gasteiger partial charge is 0.318 e. The monoisotopic (exact) mass is 726 g/mol. The van der Waals surface area contributed by atoms with Crippen molar-refractivity contribution in [3.8, 4) is 0 Å². The molecular weight excluding hydrogens is 665 g/mol. The zero-order valence-electron chi connectivity index (χ0n) is 32.6. The fourth-order valence-electron chi connectivity index (χ4n) is 8.79. The van der Waals surface area contributed by atoms with Crippen LogP contribution < -0.4 is 10.6 Å². The van der Waals surface area contributed by atoms with E-state index in [1.165, 1.54) is 36.8 Å². The third-order valence-electron chi connectivity index (χ3n) is 12.0. The summed E-state index contributed by atoms with van der Waals surface area (Å²) in [6, 6.07) is 12.3. The van der Waals surface area contributed by atoms with Gasteiger partial charge in [0.25, 0.3) is 0 Å². The Hall–Kier alpha value is -3.96. The number of nitrogens with zero attached hydrogens (tertiary/aromatic N) is 6. The summed E-state index contributed by atoms with van der Waals surface area (Å²) in [5.74, 6) is 0.0165. The first-order chi connectivity index (χ1) is 25.8. The van der Waals surface area contributed by atoms with Crippen molar-refractivity contribution in [1.29, 1.82) is 0 Å². The molecule has 0 bridgehead atoms. The molecule has 11 nitrogen and oxygen atoms in total. The van der Waals surface area contributed by atoms with Gasteiger partial charge in [0, 0.05) is 70.5 Å². The highest BCUT2D eigenvalue weighted by molar-refractivity contribution is 5.87. The first kappa shape index (κ1) is 38.8. The Morgan fingerprint density at radius 2 is 1.57 bits per heavy atom. The molecule has 1 atom stereocenters. The molecule has 0 saturated carbocycles. The van der Waals surface area contributed by atoms with E-state index in [1.54, 1.807) is 0 Å². The fourth-order valence-corrected chi connectivity index (χ4v) is 8.79. The third kappa shape index (κ3) is 9.59. The van der Waals surface area contributed by atoms with Crippen LogP contribution in [0.3, 0.4) is 0 Å². The van der Waals surface area contributed by atoms with Crippen LogP contribution in [0.25, 0.3) is 0 Å². The van der Waals surface area contributed by atoms with Gasteiger partial charge in [-0.15, -0.1) is 0 Å². The van der Waals surface area contributed by atoms with E-state index in [-0.39, 0.29) is 24.0 Å². The van der Waals surface area contributed by atoms with Crippen LogP contribution in [0.2, 0.25) is 0 Å². The molecule has 0 aromatic heterocycles. The normalized spacial score (nSPS) is 21.2. The Morgan fingerprint density at radius 1 is 0.868 bits per heavy atom. The number of rotatable bonds is 6. The lowest BCUT2D eigenvalue weighted by Crippen LogP contribution is -2.59. The van der Waals surface area contributed by atoms with Crippen LogP contribution in [0.4, 0.5) is 15.3 Å². The molecule has 5 amide bonds. The van der Waals surface area contributed by atoms with Crippen molar-refractivity contribution in [2.24, 2.45) is 4.99 Å². The van der Waals surface area contributed by atoms with Crippen LogP contribution >= 0.6 is 0 Å². The van der Waals surface area contributed by atoms with Crippen LogP contribution in [-0.2, 0) is 30.6 Å². The summed E-state index contributed by atoms with van der Waals surface area (Å²) >= 11 is 0. The SMILES string of the molecule is CC.Cc1cccc2c1CNC(=O)N(C1CCN(C(=O)N[C@H](Cc3ccc4c(c3)CCCC4)C(=O)N3CCN(C4CCN(C)CC4)CC3)CC1)CC=N2. The number of amides is 5. The van der Waals surface area contributed by atoms with E-state index in [1.807, 2.05) is 59.9 Å². The minimum atomic E-state index is -0.628. The zero-order valence-corrected chi connectivity index (χ0v) is 32.6. The number of benzene rings is 2. The molecule has 5 aliphatic rings. The average Bonchev–Trinajstić information content (AvgIpc) is 3.28. The van der Waals surface area contributed by atoms with Crippen LogP contribution in [0.1, 0.15) is 80.2 Å². The maximum Gasteiger partial charge on any atom is 0.318 e. The Balaban J connectivity index is 0.00000236. The summed E-state index contributed by atoms with van der Waals surface area (Å²) in [5, 5.41) is 6.30. The molecule has 1 aliphatic carbocycles. The lowest BCUT2D eigenvalue weighted by molar-refractivity contribution is -0.135. The first-order valence-corrected chi connectivity index (χ1v) is 20.4. The molecule has 3 fully saturated rings. The fraction of sp³-hybridized carbons (Fsp3) is 0.619. The molecule has 4 aliphatic heterocycles. The number of urea groups is 2. The van der Waals surface area contributed by atoms with E-state index < -0.39 is 6.04 Å². The zero-order chi connectivity index (χ0) is 37.3. The molecule has 0 radical (unpaired) electrons. The number of hydrogen-bond acceptors (Lipinski definition) is 6. The summed E-state index contributed by atoms with van der Waals surface area (Å²) in [7, 11) is 2.19. The van der Waals surface area contributed by atoms with Gasteiger partial charge in [0.05, 0.1) is 12.2 Å². The molecule has 11 heteroatoms. The summed E-state index contributed by atoms with van der Waals surface area (Å²) < 4.78 is 0. The van der Waals surface area contributed by atoms with Gasteiger partial charge in [-0.25, -0.2) is 9.59 Å². The number of carbonyl (C=O) groups excluding carboxylic acids is 3. The van der Waals surface area contributed by atoms with Crippen molar-refractivity contribution < 1.29 is 14.4 Å². The molecular formula is C42H62N8O3. The average molecular weight is 727 g/mol. The highest BCUT2D eigenvalue weighted by Gasteiger charge is 2.35. The first-order valence-electron chi connectivity index (χ1n) is 20.4. The number of aryl methyl sites for hydroxylation is 3. The number of aliphatic imine (C=N–C) groups is 1. The number of piperazine rings is 1. The van der Waals surface area contributed by atoms with Crippen LogP contribution in [-0.4, -0.2) is 133 Å².